The van der Waals surface area contributed by atoms with Gasteiger partial charge in [0.15, 0.2) is 0 Å². The maximum Gasteiger partial charge on any atom is 0.246 e. The molecule has 1 rings (SSSR count). The van der Waals surface area contributed by atoms with Crippen LogP contribution in [-0.2, 0) is 9.59 Å². The van der Waals surface area contributed by atoms with Gasteiger partial charge < -0.3 is 16.0 Å². The number of nitrogens with two attached hydrogens (primary N) is 1. The summed E-state index contributed by atoms with van der Waals surface area (Å²) in [6.45, 7) is 4.30. The Morgan fingerprint density at radius 3 is 2.39 bits per heavy atom. The number of likely N-dealkylation sites (N-methyl/N-ethyl adjacent to an activating group) is 1. The molecule has 18 heavy (non-hydrogen) atoms. The van der Waals surface area contributed by atoms with E-state index in [1.807, 2.05) is 38.1 Å². The highest BCUT2D eigenvalue weighted by molar-refractivity contribution is 5.96. The van der Waals surface area contributed by atoms with E-state index in [-0.39, 0.29) is 24.9 Å². The van der Waals surface area contributed by atoms with Crippen LogP contribution in [0.3, 0.4) is 0 Å². The summed E-state index contributed by atoms with van der Waals surface area (Å²) in [6, 6.07) is 7.68. The van der Waals surface area contributed by atoms with Gasteiger partial charge in [0.1, 0.15) is 0 Å². The summed E-state index contributed by atoms with van der Waals surface area (Å²) >= 11 is 0. The fourth-order valence-corrected chi connectivity index (χ4v) is 1.57. The molecule has 5 nitrogen and oxygen atoms in total. The number of carbonyl (C=O) groups excluding carboxylic acids is 2. The Hall–Kier alpha value is -1.88. The molecule has 2 amide bonds. The molecule has 1 aromatic rings. The number of aryl methyl sites for hydroxylation is 1. The van der Waals surface area contributed by atoms with Gasteiger partial charge in [0.05, 0.1) is 13.1 Å². The van der Waals surface area contributed by atoms with Crippen molar-refractivity contribution in [3.63, 3.8) is 0 Å². The molecule has 0 atom stereocenters. The number of rotatable bonds is 5. The third kappa shape index (κ3) is 3.85. The number of benzene rings is 1. The van der Waals surface area contributed by atoms with Crippen LogP contribution in [0.25, 0.3) is 0 Å². The van der Waals surface area contributed by atoms with E-state index in [2.05, 4.69) is 5.32 Å². The van der Waals surface area contributed by atoms with Crippen molar-refractivity contribution in [3.05, 3.63) is 29.8 Å². The highest BCUT2D eigenvalue weighted by atomic mass is 16.2. The van der Waals surface area contributed by atoms with Gasteiger partial charge in [-0.1, -0.05) is 17.7 Å². The Labute approximate surface area is 107 Å². The van der Waals surface area contributed by atoms with Crippen molar-refractivity contribution in [1.29, 1.82) is 0 Å². The molecule has 3 N–H and O–H groups in total. The van der Waals surface area contributed by atoms with Gasteiger partial charge in [0, 0.05) is 12.2 Å². The predicted molar refractivity (Wildman–Crippen MR) is 71.3 cm³/mol. The predicted octanol–water partition coefficient (Wildman–Crippen LogP) is 0.423. The molecule has 0 unspecified atom stereocenters. The highest BCUT2D eigenvalue weighted by Gasteiger charge is 2.14. The Bertz CT molecular complexity index is 415. The van der Waals surface area contributed by atoms with E-state index in [0.29, 0.717) is 6.54 Å². The average Bonchev–Trinajstić information content (AvgIpc) is 2.39. The zero-order valence-corrected chi connectivity index (χ0v) is 10.8. The van der Waals surface area contributed by atoms with E-state index in [0.717, 1.165) is 11.3 Å². The number of hydrogen-bond donors (Lipinski definition) is 2. The Balaban J connectivity index is 2.68. The molecule has 5 heteroatoms. The standard InChI is InChI=1S/C13H19N3O2/c1-3-16(11-6-4-10(2)5-7-11)13(18)9-15-12(17)8-14/h4-7H,3,8-9,14H2,1-2H3,(H,15,17). The molecule has 0 aromatic heterocycles. The van der Waals surface area contributed by atoms with Crippen molar-refractivity contribution in [2.75, 3.05) is 24.5 Å². The van der Waals surface area contributed by atoms with Crippen molar-refractivity contribution < 1.29 is 9.59 Å². The lowest BCUT2D eigenvalue weighted by molar-refractivity contribution is -0.124. The minimum Gasteiger partial charge on any atom is -0.346 e. The smallest absolute Gasteiger partial charge is 0.246 e. The van der Waals surface area contributed by atoms with E-state index < -0.39 is 0 Å². The summed E-state index contributed by atoms with van der Waals surface area (Å²) in [7, 11) is 0. The van der Waals surface area contributed by atoms with Crippen molar-refractivity contribution in [3.8, 4) is 0 Å². The van der Waals surface area contributed by atoms with E-state index in [1.54, 1.807) is 4.90 Å². The first-order valence-electron chi connectivity index (χ1n) is 5.92. The topological polar surface area (TPSA) is 75.4 Å². The van der Waals surface area contributed by atoms with Gasteiger partial charge in [-0.25, -0.2) is 0 Å². The first-order chi connectivity index (χ1) is 8.58. The fourth-order valence-electron chi connectivity index (χ4n) is 1.57. The lowest BCUT2D eigenvalue weighted by atomic mass is 10.2. The lowest BCUT2D eigenvalue weighted by Crippen LogP contribution is -2.42. The quantitative estimate of drug-likeness (QED) is 0.794. The van der Waals surface area contributed by atoms with Crippen LogP contribution >= 0.6 is 0 Å². The Morgan fingerprint density at radius 1 is 1.28 bits per heavy atom. The molecule has 1 aromatic carbocycles. The molecule has 0 fully saturated rings. The number of carbonyl (C=O) groups is 2. The molecule has 0 heterocycles. The van der Waals surface area contributed by atoms with Crippen LogP contribution in [0.5, 0.6) is 0 Å². The normalized spacial score (nSPS) is 9.94. The third-order valence-corrected chi connectivity index (χ3v) is 2.59. The van der Waals surface area contributed by atoms with Crippen LogP contribution in [0.15, 0.2) is 24.3 Å². The minimum absolute atomic E-state index is 0.0300. The fraction of sp³-hybridized carbons (Fsp3) is 0.385. The summed E-state index contributed by atoms with van der Waals surface area (Å²) < 4.78 is 0. The molecular weight excluding hydrogens is 230 g/mol. The molecular formula is C13H19N3O2. The van der Waals surface area contributed by atoms with Crippen LogP contribution < -0.4 is 16.0 Å². The van der Waals surface area contributed by atoms with Gasteiger partial charge in [0.2, 0.25) is 11.8 Å². The highest BCUT2D eigenvalue weighted by Crippen LogP contribution is 2.14. The summed E-state index contributed by atoms with van der Waals surface area (Å²) in [5.74, 6) is -0.480. The molecule has 0 aliphatic rings. The Morgan fingerprint density at radius 2 is 1.89 bits per heavy atom. The van der Waals surface area contributed by atoms with Crippen molar-refractivity contribution in [2.45, 2.75) is 13.8 Å². The molecule has 0 bridgehead atoms. The van der Waals surface area contributed by atoms with E-state index in [1.165, 1.54) is 0 Å². The van der Waals surface area contributed by atoms with Crippen LogP contribution in [0, 0.1) is 6.92 Å². The van der Waals surface area contributed by atoms with E-state index in [9.17, 15) is 9.59 Å². The van der Waals surface area contributed by atoms with Gasteiger partial charge in [0.25, 0.3) is 0 Å². The van der Waals surface area contributed by atoms with Crippen molar-refractivity contribution in [1.82, 2.24) is 5.32 Å². The summed E-state index contributed by atoms with van der Waals surface area (Å²) in [4.78, 5) is 24.6. The van der Waals surface area contributed by atoms with Crippen LogP contribution in [0.1, 0.15) is 12.5 Å². The van der Waals surface area contributed by atoms with Crippen molar-refractivity contribution in [2.24, 2.45) is 5.73 Å². The summed E-state index contributed by atoms with van der Waals surface area (Å²) in [5, 5.41) is 2.47. The van der Waals surface area contributed by atoms with Crippen molar-refractivity contribution >= 4 is 17.5 Å². The van der Waals surface area contributed by atoms with Gasteiger partial charge in [-0.15, -0.1) is 0 Å². The van der Waals surface area contributed by atoms with Gasteiger partial charge >= 0.3 is 0 Å². The SMILES string of the molecule is CCN(C(=O)CNC(=O)CN)c1ccc(C)cc1. The van der Waals surface area contributed by atoms with Crippen LogP contribution in [0.2, 0.25) is 0 Å². The average molecular weight is 249 g/mol. The Kier molecular flexibility index (Phi) is 5.32. The first kappa shape index (κ1) is 14.2. The van der Waals surface area contributed by atoms with Gasteiger partial charge in [-0.05, 0) is 26.0 Å². The molecule has 0 aliphatic heterocycles. The number of anilines is 1. The molecule has 0 aliphatic carbocycles. The molecule has 0 saturated carbocycles. The molecule has 0 spiro atoms. The zero-order valence-electron chi connectivity index (χ0n) is 10.8. The summed E-state index contributed by atoms with van der Waals surface area (Å²) in [6.07, 6.45) is 0. The van der Waals surface area contributed by atoms with Crippen LogP contribution in [-0.4, -0.2) is 31.4 Å². The number of amides is 2. The second-order valence-electron chi connectivity index (χ2n) is 3.95. The maximum atomic E-state index is 12.0. The second-order valence-corrected chi connectivity index (χ2v) is 3.95. The van der Waals surface area contributed by atoms with Gasteiger partial charge in [-0.3, -0.25) is 9.59 Å². The zero-order chi connectivity index (χ0) is 13.5. The maximum absolute atomic E-state index is 12.0. The number of hydrogen-bond acceptors (Lipinski definition) is 3. The van der Waals surface area contributed by atoms with E-state index in [4.69, 9.17) is 5.73 Å². The molecule has 0 radical (unpaired) electrons. The largest absolute Gasteiger partial charge is 0.346 e. The molecule has 98 valence electrons. The summed E-state index contributed by atoms with van der Waals surface area (Å²) in [5.41, 5.74) is 7.12. The first-order valence-corrected chi connectivity index (χ1v) is 5.92. The van der Waals surface area contributed by atoms with Gasteiger partial charge in [-0.2, -0.15) is 0 Å². The van der Waals surface area contributed by atoms with Crippen LogP contribution in [0.4, 0.5) is 5.69 Å². The number of nitrogens with zero attached hydrogens (tertiary/aromatic N) is 1. The third-order valence-electron chi connectivity index (χ3n) is 2.59. The molecule has 0 saturated heterocycles. The monoisotopic (exact) mass is 249 g/mol. The number of nitrogens with one attached hydrogen (secondary N) is 1. The lowest BCUT2D eigenvalue weighted by Gasteiger charge is -2.21. The second kappa shape index (κ2) is 6.76. The van der Waals surface area contributed by atoms with E-state index >= 15 is 0 Å². The minimum atomic E-state index is -0.330.